The molecule has 1 atom stereocenters. The molecule has 1 heterocycles. The minimum absolute atomic E-state index is 0.0491. The fraction of sp³-hybridized carbons (Fsp3) is 0.409. The first-order valence-electron chi connectivity index (χ1n) is 10.8. The van der Waals surface area contributed by atoms with Crippen molar-refractivity contribution in [2.24, 2.45) is 0 Å². The monoisotopic (exact) mass is 493 g/mol. The summed E-state index contributed by atoms with van der Waals surface area (Å²) in [7, 11) is -3.71. The van der Waals surface area contributed by atoms with Crippen molar-refractivity contribution in [3.05, 3.63) is 64.2 Å². The quantitative estimate of drug-likeness (QED) is 0.296. The van der Waals surface area contributed by atoms with E-state index in [0.717, 1.165) is 0 Å². The van der Waals surface area contributed by atoms with E-state index in [1.807, 2.05) is 4.90 Å². The molecule has 1 N–H and O–H groups in total. The minimum atomic E-state index is -3.71. The first-order chi connectivity index (χ1) is 16.2. The molecule has 2 aromatic carbocycles. The Bertz CT molecular complexity index is 1100. The van der Waals surface area contributed by atoms with Gasteiger partial charge in [-0.25, -0.2) is 13.2 Å². The molecule has 1 fully saturated rings. The number of nitrogens with zero attached hydrogens (tertiary/aromatic N) is 3. The summed E-state index contributed by atoms with van der Waals surface area (Å²) in [5, 5.41) is 21.1. The van der Waals surface area contributed by atoms with E-state index in [0.29, 0.717) is 13.1 Å². The molecule has 184 valence electrons. The number of rotatable bonds is 10. The number of β-amino-alcohol motifs (C(OH)–C–C–N with tert-alkyl or cyclic N) is 1. The van der Waals surface area contributed by atoms with Crippen LogP contribution in [-0.4, -0.2) is 85.7 Å². The summed E-state index contributed by atoms with van der Waals surface area (Å²) >= 11 is 0. The predicted molar refractivity (Wildman–Crippen MR) is 122 cm³/mol. The molecule has 0 bridgehead atoms. The Kier molecular flexibility index (Phi) is 8.56. The standard InChI is InChI=1S/C22H27N3O8S/c1-2-32-22(27)17-6-8-21(9-7-17)34(30,31)24-12-10-23(11-13-24)15-19(26)16-33-20-5-3-4-18(14-20)25(28)29/h3-9,14,19,26H,2,10-13,15-16H2,1H3. The zero-order valence-electron chi connectivity index (χ0n) is 18.7. The summed E-state index contributed by atoms with van der Waals surface area (Å²) in [6.07, 6.45) is -0.849. The van der Waals surface area contributed by atoms with Crippen LogP contribution in [0.15, 0.2) is 53.4 Å². The van der Waals surface area contributed by atoms with Crippen LogP contribution in [0.25, 0.3) is 0 Å². The minimum Gasteiger partial charge on any atom is -0.491 e. The molecule has 0 saturated carbocycles. The fourth-order valence-corrected chi connectivity index (χ4v) is 4.93. The number of piperazine rings is 1. The van der Waals surface area contributed by atoms with Gasteiger partial charge in [-0.2, -0.15) is 4.31 Å². The van der Waals surface area contributed by atoms with Crippen LogP contribution in [0.1, 0.15) is 17.3 Å². The predicted octanol–water partition coefficient (Wildman–Crippen LogP) is 1.52. The van der Waals surface area contributed by atoms with Crippen molar-refractivity contribution in [1.29, 1.82) is 0 Å². The molecular weight excluding hydrogens is 466 g/mol. The van der Waals surface area contributed by atoms with Crippen molar-refractivity contribution in [3.63, 3.8) is 0 Å². The lowest BCUT2D eigenvalue weighted by Gasteiger charge is -2.34. The molecule has 0 aliphatic carbocycles. The van der Waals surface area contributed by atoms with Crippen molar-refractivity contribution in [3.8, 4) is 5.75 Å². The topological polar surface area (TPSA) is 140 Å². The molecule has 34 heavy (non-hydrogen) atoms. The van der Waals surface area contributed by atoms with E-state index in [1.165, 1.54) is 46.8 Å². The first-order valence-corrected chi connectivity index (χ1v) is 12.2. The number of hydrogen-bond acceptors (Lipinski definition) is 9. The van der Waals surface area contributed by atoms with E-state index in [-0.39, 0.29) is 54.7 Å². The Balaban J connectivity index is 1.49. The van der Waals surface area contributed by atoms with Gasteiger partial charge in [0.2, 0.25) is 10.0 Å². The zero-order chi connectivity index (χ0) is 24.7. The molecule has 1 saturated heterocycles. The number of ether oxygens (including phenoxy) is 2. The summed E-state index contributed by atoms with van der Waals surface area (Å²) in [5.41, 5.74) is 0.187. The molecule has 0 amide bonds. The van der Waals surface area contributed by atoms with Crippen LogP contribution in [0.4, 0.5) is 5.69 Å². The maximum atomic E-state index is 12.9. The van der Waals surface area contributed by atoms with Gasteiger partial charge in [0.05, 0.1) is 28.1 Å². The van der Waals surface area contributed by atoms with Gasteiger partial charge in [0.15, 0.2) is 0 Å². The van der Waals surface area contributed by atoms with Crippen LogP contribution < -0.4 is 4.74 Å². The van der Waals surface area contributed by atoms with Crippen LogP contribution in [-0.2, 0) is 14.8 Å². The summed E-state index contributed by atoms with van der Waals surface area (Å²) in [6, 6.07) is 11.4. The third-order valence-corrected chi connectivity index (χ3v) is 7.19. The number of carbonyl (C=O) groups excluding carboxylic acids is 1. The van der Waals surface area contributed by atoms with Gasteiger partial charge in [-0.15, -0.1) is 0 Å². The lowest BCUT2D eigenvalue weighted by Crippen LogP contribution is -2.50. The number of non-ortho nitro benzene ring substituents is 1. The number of aliphatic hydroxyl groups is 1. The fourth-order valence-electron chi connectivity index (χ4n) is 3.51. The van der Waals surface area contributed by atoms with E-state index < -0.39 is 27.0 Å². The molecule has 1 aliphatic rings. The van der Waals surface area contributed by atoms with Crippen LogP contribution in [0.2, 0.25) is 0 Å². The number of nitro groups is 1. The van der Waals surface area contributed by atoms with Crippen LogP contribution >= 0.6 is 0 Å². The van der Waals surface area contributed by atoms with Crippen molar-refractivity contribution < 1.29 is 32.7 Å². The van der Waals surface area contributed by atoms with Gasteiger partial charge in [-0.05, 0) is 37.3 Å². The van der Waals surface area contributed by atoms with Gasteiger partial charge in [-0.3, -0.25) is 15.0 Å². The van der Waals surface area contributed by atoms with E-state index in [4.69, 9.17) is 9.47 Å². The zero-order valence-corrected chi connectivity index (χ0v) is 19.5. The SMILES string of the molecule is CCOC(=O)c1ccc(S(=O)(=O)N2CCN(CC(O)COc3cccc([N+](=O)[O-])c3)CC2)cc1. The molecule has 0 radical (unpaired) electrons. The molecule has 1 aliphatic heterocycles. The summed E-state index contributed by atoms with van der Waals surface area (Å²) < 4.78 is 37.6. The maximum Gasteiger partial charge on any atom is 0.338 e. The molecular formula is C22H27N3O8S. The van der Waals surface area contributed by atoms with Crippen LogP contribution in [0.5, 0.6) is 5.75 Å². The Morgan fingerprint density at radius 2 is 1.82 bits per heavy atom. The number of nitro benzene ring substituents is 1. The number of sulfonamides is 1. The third-order valence-electron chi connectivity index (χ3n) is 5.27. The average Bonchev–Trinajstić information content (AvgIpc) is 2.83. The molecule has 12 heteroatoms. The second-order valence-corrected chi connectivity index (χ2v) is 9.61. The van der Waals surface area contributed by atoms with Gasteiger partial charge in [0, 0.05) is 38.8 Å². The second-order valence-electron chi connectivity index (χ2n) is 7.67. The molecule has 2 aromatic rings. The first kappa shape index (κ1) is 25.6. The summed E-state index contributed by atoms with van der Waals surface area (Å²) in [6.45, 7) is 3.50. The Morgan fingerprint density at radius 1 is 1.15 bits per heavy atom. The number of benzene rings is 2. The molecule has 1 unspecified atom stereocenters. The van der Waals surface area contributed by atoms with Crippen molar-refractivity contribution in [1.82, 2.24) is 9.21 Å². The van der Waals surface area contributed by atoms with Gasteiger partial charge >= 0.3 is 5.97 Å². The van der Waals surface area contributed by atoms with Crippen molar-refractivity contribution in [2.45, 2.75) is 17.9 Å². The summed E-state index contributed by atoms with van der Waals surface area (Å²) in [4.78, 5) is 24.1. The third kappa shape index (κ3) is 6.50. The van der Waals surface area contributed by atoms with Gasteiger partial charge in [0.1, 0.15) is 18.5 Å². The van der Waals surface area contributed by atoms with Crippen molar-refractivity contribution >= 4 is 21.7 Å². The van der Waals surface area contributed by atoms with E-state index in [2.05, 4.69) is 0 Å². The van der Waals surface area contributed by atoms with Crippen molar-refractivity contribution in [2.75, 3.05) is 45.9 Å². The number of carbonyl (C=O) groups is 1. The lowest BCUT2D eigenvalue weighted by atomic mass is 10.2. The highest BCUT2D eigenvalue weighted by atomic mass is 32.2. The largest absolute Gasteiger partial charge is 0.491 e. The van der Waals surface area contributed by atoms with E-state index >= 15 is 0 Å². The Hall–Kier alpha value is -3.06. The normalized spacial score (nSPS) is 16.1. The molecule has 0 aromatic heterocycles. The molecule has 11 nitrogen and oxygen atoms in total. The van der Waals surface area contributed by atoms with Gasteiger partial charge in [-0.1, -0.05) is 6.07 Å². The van der Waals surface area contributed by atoms with E-state index in [1.54, 1.807) is 13.0 Å². The number of aliphatic hydroxyl groups excluding tert-OH is 1. The van der Waals surface area contributed by atoms with E-state index in [9.17, 15) is 28.4 Å². The van der Waals surface area contributed by atoms with Gasteiger partial charge in [0.25, 0.3) is 5.69 Å². The smallest absolute Gasteiger partial charge is 0.338 e. The number of hydrogen-bond donors (Lipinski definition) is 1. The highest BCUT2D eigenvalue weighted by molar-refractivity contribution is 7.89. The Morgan fingerprint density at radius 3 is 2.44 bits per heavy atom. The highest BCUT2D eigenvalue weighted by Gasteiger charge is 2.29. The highest BCUT2D eigenvalue weighted by Crippen LogP contribution is 2.20. The second kappa shape index (κ2) is 11.4. The Labute approximate surface area is 197 Å². The summed E-state index contributed by atoms with van der Waals surface area (Å²) in [5.74, 6) is -0.216. The molecule has 3 rings (SSSR count). The maximum absolute atomic E-state index is 12.9. The average molecular weight is 494 g/mol. The lowest BCUT2D eigenvalue weighted by molar-refractivity contribution is -0.384. The van der Waals surface area contributed by atoms with Crippen LogP contribution in [0.3, 0.4) is 0 Å². The molecule has 0 spiro atoms. The van der Waals surface area contributed by atoms with Gasteiger partial charge < -0.3 is 14.6 Å². The number of esters is 1. The van der Waals surface area contributed by atoms with Crippen LogP contribution in [0, 0.1) is 10.1 Å².